The number of ketones is 1. The summed E-state index contributed by atoms with van der Waals surface area (Å²) in [6.45, 7) is 21.9. The number of ether oxygens (including phenoxy) is 2. The van der Waals surface area contributed by atoms with E-state index in [1.807, 2.05) is 12.1 Å². The van der Waals surface area contributed by atoms with Crippen LogP contribution in [0, 0.1) is 56.7 Å². The third-order valence-corrected chi connectivity index (χ3v) is 14.8. The molecule has 0 aromatic heterocycles. The summed E-state index contributed by atoms with van der Waals surface area (Å²) in [6.07, 6.45) is 13.5. The van der Waals surface area contributed by atoms with Gasteiger partial charge in [0.1, 0.15) is 0 Å². The van der Waals surface area contributed by atoms with E-state index in [-0.39, 0.29) is 16.2 Å². The van der Waals surface area contributed by atoms with E-state index in [1.54, 1.807) is 14.2 Å². The Hall–Kier alpha value is -2.03. The summed E-state index contributed by atoms with van der Waals surface area (Å²) in [7, 11) is 3.34. The van der Waals surface area contributed by atoms with Crippen molar-refractivity contribution < 1.29 is 14.3 Å². The molecule has 230 valence electrons. The fourth-order valence-corrected chi connectivity index (χ4v) is 12.6. The van der Waals surface area contributed by atoms with Gasteiger partial charge in [-0.25, -0.2) is 0 Å². The molecule has 1 aromatic carbocycles. The molecular formula is C39H56O3. The fourth-order valence-electron chi connectivity index (χ4n) is 12.6. The van der Waals surface area contributed by atoms with E-state index in [2.05, 4.69) is 67.2 Å². The van der Waals surface area contributed by atoms with E-state index < -0.39 is 0 Å². The van der Waals surface area contributed by atoms with Crippen molar-refractivity contribution in [3.8, 4) is 11.5 Å². The van der Waals surface area contributed by atoms with Gasteiger partial charge in [-0.1, -0.05) is 59.8 Å². The maximum atomic E-state index is 14.2. The minimum atomic E-state index is -0.365. The van der Waals surface area contributed by atoms with Gasteiger partial charge in [0.05, 0.1) is 14.2 Å². The topological polar surface area (TPSA) is 35.5 Å². The number of Topliss-reactive ketones (excluding diaryl/α,β-unsaturated/α-hetero) is 1. The Labute approximate surface area is 255 Å². The van der Waals surface area contributed by atoms with Gasteiger partial charge in [-0.3, -0.25) is 4.79 Å². The zero-order valence-electron chi connectivity index (χ0n) is 28.0. The standard InChI is InChI=1S/C39H56O3/c1-24(2)27-15-17-36(5)19-20-38(7)28(33(27)36)12-14-32-37(6)23-26(21-25-11-13-29(41-9)30(22-25)42-10)34(40)35(3,4)31(37)16-18-39(32,38)8/h11,13,21-22,27-28,31-33H,1,12,14-20,23H2,2-10H3. The molecule has 0 N–H and O–H groups in total. The van der Waals surface area contributed by atoms with Crippen LogP contribution in [0.3, 0.4) is 0 Å². The lowest BCUT2D eigenvalue weighted by Crippen LogP contribution is -2.66. The SMILES string of the molecule is C=C(C)C1CCC2(C)CCC3(C)C(CCC4C5(C)CC(=Cc6ccc(OC)c(OC)c6)C(=O)C(C)(C)C5CCC43C)C12. The minimum Gasteiger partial charge on any atom is -0.493 e. The number of rotatable bonds is 4. The first-order valence-corrected chi connectivity index (χ1v) is 16.8. The highest BCUT2D eigenvalue weighted by Gasteiger charge is 2.70. The number of hydrogen-bond donors (Lipinski definition) is 0. The lowest BCUT2D eigenvalue weighted by molar-refractivity contribution is -0.228. The lowest BCUT2D eigenvalue weighted by atomic mass is 9.32. The van der Waals surface area contributed by atoms with Gasteiger partial charge in [0.25, 0.3) is 0 Å². The summed E-state index contributed by atoms with van der Waals surface area (Å²) >= 11 is 0. The molecule has 5 aliphatic carbocycles. The van der Waals surface area contributed by atoms with Crippen LogP contribution in [0.5, 0.6) is 11.5 Å². The lowest BCUT2D eigenvalue weighted by Gasteiger charge is -2.72. The van der Waals surface area contributed by atoms with Crippen molar-refractivity contribution in [1.29, 1.82) is 0 Å². The monoisotopic (exact) mass is 572 g/mol. The van der Waals surface area contributed by atoms with Crippen molar-refractivity contribution in [1.82, 2.24) is 0 Å². The highest BCUT2D eigenvalue weighted by Crippen LogP contribution is 2.77. The maximum absolute atomic E-state index is 14.2. The van der Waals surface area contributed by atoms with E-state index in [0.717, 1.165) is 35.1 Å². The Kier molecular flexibility index (Phi) is 6.96. The predicted molar refractivity (Wildman–Crippen MR) is 173 cm³/mol. The molecular weight excluding hydrogens is 516 g/mol. The molecule has 5 saturated carbocycles. The molecule has 0 spiro atoms. The average Bonchev–Trinajstić information content (AvgIpc) is 3.29. The number of benzene rings is 1. The molecule has 1 aromatic rings. The molecule has 42 heavy (non-hydrogen) atoms. The van der Waals surface area contributed by atoms with Crippen LogP contribution >= 0.6 is 0 Å². The molecule has 0 saturated heterocycles. The number of carbonyl (C=O) groups is 1. The van der Waals surface area contributed by atoms with E-state index in [1.165, 1.54) is 56.9 Å². The van der Waals surface area contributed by atoms with Crippen LogP contribution in [-0.2, 0) is 4.79 Å². The largest absolute Gasteiger partial charge is 0.493 e. The van der Waals surface area contributed by atoms with Gasteiger partial charge < -0.3 is 9.47 Å². The second kappa shape index (κ2) is 9.73. The van der Waals surface area contributed by atoms with Crippen LogP contribution in [0.4, 0.5) is 0 Å². The molecule has 5 aliphatic rings. The molecule has 0 radical (unpaired) electrons. The van der Waals surface area contributed by atoms with Gasteiger partial charge in [-0.15, -0.1) is 0 Å². The summed E-state index contributed by atoms with van der Waals surface area (Å²) in [6, 6.07) is 6.02. The van der Waals surface area contributed by atoms with Crippen LogP contribution in [0.2, 0.25) is 0 Å². The first-order valence-electron chi connectivity index (χ1n) is 16.8. The highest BCUT2D eigenvalue weighted by molar-refractivity contribution is 6.04. The first kappa shape index (κ1) is 30.0. The summed E-state index contributed by atoms with van der Waals surface area (Å²) in [5.41, 5.74) is 4.28. The molecule has 5 fully saturated rings. The smallest absolute Gasteiger partial charge is 0.164 e. The Bertz CT molecular complexity index is 1320. The van der Waals surface area contributed by atoms with E-state index in [4.69, 9.17) is 9.47 Å². The molecule has 3 heteroatoms. The summed E-state index contributed by atoms with van der Waals surface area (Å²) < 4.78 is 11.1. The number of methoxy groups -OCH3 is 2. The summed E-state index contributed by atoms with van der Waals surface area (Å²) in [5, 5.41) is 0. The average molecular weight is 573 g/mol. The number of fused-ring (bicyclic) bond motifs is 7. The van der Waals surface area contributed by atoms with E-state index in [9.17, 15) is 4.79 Å². The van der Waals surface area contributed by atoms with Crippen molar-refractivity contribution in [3.05, 3.63) is 41.5 Å². The molecule has 0 heterocycles. The molecule has 6 rings (SSSR count). The van der Waals surface area contributed by atoms with Gasteiger partial charge in [0, 0.05) is 5.41 Å². The van der Waals surface area contributed by atoms with Gasteiger partial charge >= 0.3 is 0 Å². The molecule has 9 unspecified atom stereocenters. The number of hydrogen-bond acceptors (Lipinski definition) is 3. The Morgan fingerprint density at radius 3 is 2.24 bits per heavy atom. The van der Waals surface area contributed by atoms with Gasteiger partial charge in [-0.2, -0.15) is 0 Å². The fraction of sp³-hybridized carbons (Fsp3) is 0.718. The van der Waals surface area contributed by atoms with Crippen molar-refractivity contribution in [2.45, 2.75) is 106 Å². The van der Waals surface area contributed by atoms with Crippen LogP contribution in [-0.4, -0.2) is 20.0 Å². The van der Waals surface area contributed by atoms with Crippen LogP contribution < -0.4 is 9.47 Å². The zero-order valence-corrected chi connectivity index (χ0v) is 28.0. The van der Waals surface area contributed by atoms with Crippen molar-refractivity contribution >= 4 is 11.9 Å². The Morgan fingerprint density at radius 1 is 0.857 bits per heavy atom. The van der Waals surface area contributed by atoms with E-state index in [0.29, 0.717) is 40.1 Å². The summed E-state index contributed by atoms with van der Waals surface area (Å²) in [5.74, 6) is 5.06. The van der Waals surface area contributed by atoms with E-state index >= 15 is 0 Å². The van der Waals surface area contributed by atoms with Crippen molar-refractivity contribution in [3.63, 3.8) is 0 Å². The highest BCUT2D eigenvalue weighted by atomic mass is 16.5. The Balaban J connectivity index is 1.39. The second-order valence-electron chi connectivity index (χ2n) is 16.9. The third-order valence-electron chi connectivity index (χ3n) is 14.8. The number of allylic oxidation sites excluding steroid dienone is 2. The molecule has 3 nitrogen and oxygen atoms in total. The molecule has 0 aliphatic heterocycles. The third kappa shape index (κ3) is 3.93. The Morgan fingerprint density at radius 2 is 1.57 bits per heavy atom. The molecule has 9 atom stereocenters. The van der Waals surface area contributed by atoms with Crippen LogP contribution in [0.1, 0.15) is 112 Å². The predicted octanol–water partition coefficient (Wildman–Crippen LogP) is 9.94. The van der Waals surface area contributed by atoms with Crippen LogP contribution in [0.25, 0.3) is 6.08 Å². The zero-order chi connectivity index (χ0) is 30.5. The van der Waals surface area contributed by atoms with Crippen molar-refractivity contribution in [2.24, 2.45) is 56.7 Å². The van der Waals surface area contributed by atoms with Gasteiger partial charge in [0.15, 0.2) is 17.3 Å². The first-order chi connectivity index (χ1) is 19.7. The normalized spacial score (nSPS) is 44.9. The summed E-state index contributed by atoms with van der Waals surface area (Å²) in [4.78, 5) is 14.2. The quantitative estimate of drug-likeness (QED) is 0.266. The van der Waals surface area contributed by atoms with Gasteiger partial charge in [0.2, 0.25) is 0 Å². The molecule has 0 bridgehead atoms. The number of carbonyl (C=O) groups excluding carboxylic acids is 1. The maximum Gasteiger partial charge on any atom is 0.164 e. The molecule has 0 amide bonds. The second-order valence-corrected chi connectivity index (χ2v) is 16.9. The van der Waals surface area contributed by atoms with Gasteiger partial charge in [-0.05, 0) is 145 Å². The van der Waals surface area contributed by atoms with Crippen molar-refractivity contribution in [2.75, 3.05) is 14.2 Å². The van der Waals surface area contributed by atoms with Crippen LogP contribution in [0.15, 0.2) is 35.9 Å². The minimum absolute atomic E-state index is 0.102.